The minimum absolute atomic E-state index is 0.221. The zero-order valence-electron chi connectivity index (χ0n) is 11.3. The van der Waals surface area contributed by atoms with Crippen LogP contribution in [0.2, 0.25) is 0 Å². The average Bonchev–Trinajstić information content (AvgIpc) is 3.04. The van der Waals surface area contributed by atoms with Crippen molar-refractivity contribution in [3.63, 3.8) is 0 Å². The highest BCUT2D eigenvalue weighted by Crippen LogP contribution is 2.38. The number of halogens is 3. The molecule has 3 rings (SSSR count). The minimum atomic E-state index is -4.32. The lowest BCUT2D eigenvalue weighted by atomic mass is 10.1. The van der Waals surface area contributed by atoms with E-state index in [0.29, 0.717) is 9.83 Å². The molecule has 0 amide bonds. The van der Waals surface area contributed by atoms with Crippen LogP contribution in [0.25, 0.3) is 10.1 Å². The van der Waals surface area contributed by atoms with Crippen LogP contribution in [-0.4, -0.2) is 11.2 Å². The smallest absolute Gasteiger partial charge is 0.253 e. The van der Waals surface area contributed by atoms with E-state index in [9.17, 15) is 13.2 Å². The number of anilines is 1. The Balaban J connectivity index is 1.81. The summed E-state index contributed by atoms with van der Waals surface area (Å²) in [7, 11) is 0. The van der Waals surface area contributed by atoms with Crippen molar-refractivity contribution >= 4 is 44.1 Å². The molecule has 3 aromatic rings. The Labute approximate surface area is 132 Å². The van der Waals surface area contributed by atoms with Crippen molar-refractivity contribution in [1.82, 2.24) is 4.98 Å². The average molecular weight is 341 g/mol. The van der Waals surface area contributed by atoms with Gasteiger partial charge in [-0.1, -0.05) is 12.1 Å². The van der Waals surface area contributed by atoms with Gasteiger partial charge >= 0.3 is 6.18 Å². The summed E-state index contributed by atoms with van der Waals surface area (Å²) in [5, 5.41) is 7.97. The summed E-state index contributed by atoms with van der Waals surface area (Å²) in [5.41, 5.74) is 3.83. The third-order valence-corrected chi connectivity index (χ3v) is 4.71. The molecule has 3 nitrogen and oxygen atoms in total. The first-order valence-electron chi connectivity index (χ1n) is 6.23. The summed E-state index contributed by atoms with van der Waals surface area (Å²) < 4.78 is 39.0. The number of aryl methyl sites for hydroxylation is 1. The van der Waals surface area contributed by atoms with E-state index in [2.05, 4.69) is 15.5 Å². The van der Waals surface area contributed by atoms with Crippen LogP contribution in [0.4, 0.5) is 18.3 Å². The normalized spacial score (nSPS) is 12.4. The molecule has 0 bridgehead atoms. The molecule has 22 heavy (non-hydrogen) atoms. The fraction of sp³-hybridized carbons (Fsp3) is 0.143. The molecule has 0 saturated carbocycles. The molecule has 0 fully saturated rings. The lowest BCUT2D eigenvalue weighted by molar-refractivity contribution is -0.136. The van der Waals surface area contributed by atoms with Crippen LogP contribution in [-0.2, 0) is 6.18 Å². The Hall–Kier alpha value is -1.93. The van der Waals surface area contributed by atoms with Crippen molar-refractivity contribution in [2.45, 2.75) is 13.1 Å². The molecule has 2 aromatic heterocycles. The number of hydrazone groups is 1. The van der Waals surface area contributed by atoms with E-state index in [0.717, 1.165) is 28.0 Å². The topological polar surface area (TPSA) is 37.3 Å². The van der Waals surface area contributed by atoms with Crippen LogP contribution in [0, 0.1) is 6.92 Å². The zero-order chi connectivity index (χ0) is 15.7. The van der Waals surface area contributed by atoms with Gasteiger partial charge in [-0.3, -0.25) is 5.43 Å². The highest BCUT2D eigenvalue weighted by atomic mass is 32.1. The molecule has 0 atom stereocenters. The number of nitrogens with zero attached hydrogens (tertiary/aromatic N) is 2. The summed E-state index contributed by atoms with van der Waals surface area (Å²) in [6.07, 6.45) is -2.76. The first-order chi connectivity index (χ1) is 10.4. The molecule has 114 valence electrons. The van der Waals surface area contributed by atoms with E-state index in [1.807, 2.05) is 12.3 Å². The van der Waals surface area contributed by atoms with Gasteiger partial charge in [0.1, 0.15) is 0 Å². The maximum atomic E-state index is 12.8. The van der Waals surface area contributed by atoms with E-state index in [-0.39, 0.29) is 5.39 Å². The summed E-state index contributed by atoms with van der Waals surface area (Å²) in [6.45, 7) is 1.88. The first kappa shape index (κ1) is 15.0. The van der Waals surface area contributed by atoms with E-state index in [1.54, 1.807) is 18.3 Å². The zero-order valence-corrected chi connectivity index (χ0v) is 12.9. The van der Waals surface area contributed by atoms with Crippen molar-refractivity contribution in [2.75, 3.05) is 5.43 Å². The molecule has 0 aliphatic rings. The maximum Gasteiger partial charge on any atom is 0.417 e. The number of rotatable bonds is 3. The standard InChI is InChI=1S/C14H10F3N3S2/c1-8-6-22-13(19-8)20-18-5-9-2-3-10-11(14(15,16)17)7-21-12(10)4-9/h2-7H,1H3,(H,19,20). The molecule has 0 aliphatic carbocycles. The van der Waals surface area contributed by atoms with Crippen molar-refractivity contribution in [1.29, 1.82) is 0 Å². The molecule has 8 heteroatoms. The third-order valence-electron chi connectivity index (χ3n) is 2.90. The van der Waals surface area contributed by atoms with Crippen LogP contribution in [0.3, 0.4) is 0 Å². The molecule has 1 N–H and O–H groups in total. The van der Waals surface area contributed by atoms with Gasteiger partial charge in [-0.15, -0.1) is 22.7 Å². The first-order valence-corrected chi connectivity index (χ1v) is 7.99. The summed E-state index contributed by atoms with van der Waals surface area (Å²) in [5.74, 6) is 0. The molecule has 0 spiro atoms. The number of fused-ring (bicyclic) bond motifs is 1. The number of hydrogen-bond donors (Lipinski definition) is 1. The lowest BCUT2D eigenvalue weighted by Gasteiger charge is -2.04. The Morgan fingerprint density at radius 2 is 2.05 bits per heavy atom. The van der Waals surface area contributed by atoms with Crippen LogP contribution in [0.15, 0.2) is 34.1 Å². The van der Waals surface area contributed by atoms with Crippen molar-refractivity contribution in [3.8, 4) is 0 Å². The van der Waals surface area contributed by atoms with Gasteiger partial charge in [-0.25, -0.2) is 4.98 Å². The number of thiophene rings is 1. The Morgan fingerprint density at radius 3 is 2.73 bits per heavy atom. The molecule has 0 unspecified atom stereocenters. The summed E-state index contributed by atoms with van der Waals surface area (Å²) >= 11 is 2.51. The van der Waals surface area contributed by atoms with Gasteiger partial charge < -0.3 is 0 Å². The van der Waals surface area contributed by atoms with Crippen LogP contribution in [0.5, 0.6) is 0 Å². The van der Waals surface area contributed by atoms with E-state index < -0.39 is 11.7 Å². The second kappa shape index (κ2) is 5.69. The second-order valence-corrected chi connectivity index (χ2v) is 6.34. The van der Waals surface area contributed by atoms with E-state index in [1.165, 1.54) is 17.4 Å². The van der Waals surface area contributed by atoms with E-state index in [4.69, 9.17) is 0 Å². The minimum Gasteiger partial charge on any atom is -0.253 e. The highest BCUT2D eigenvalue weighted by molar-refractivity contribution is 7.17. The number of alkyl halides is 3. The predicted octanol–water partition coefficient (Wildman–Crippen LogP) is 5.13. The highest BCUT2D eigenvalue weighted by Gasteiger charge is 2.33. The molecule has 0 radical (unpaired) electrons. The maximum absolute atomic E-state index is 12.8. The Kier molecular flexibility index (Phi) is 3.88. The van der Waals surface area contributed by atoms with E-state index >= 15 is 0 Å². The Bertz CT molecular complexity index is 833. The fourth-order valence-electron chi connectivity index (χ4n) is 1.91. The predicted molar refractivity (Wildman–Crippen MR) is 84.9 cm³/mol. The molecule has 0 aliphatic heterocycles. The molecule has 1 aromatic carbocycles. The fourth-order valence-corrected chi connectivity index (χ4v) is 3.56. The van der Waals surface area contributed by atoms with Crippen molar-refractivity contribution < 1.29 is 13.2 Å². The number of nitrogens with one attached hydrogen (secondary N) is 1. The monoisotopic (exact) mass is 341 g/mol. The molecular weight excluding hydrogens is 331 g/mol. The van der Waals surface area contributed by atoms with Crippen molar-refractivity contribution in [3.05, 3.63) is 45.8 Å². The third kappa shape index (κ3) is 3.12. The molecule has 0 saturated heterocycles. The number of aromatic nitrogens is 1. The van der Waals surface area contributed by atoms with Gasteiger partial charge in [0.05, 0.1) is 17.5 Å². The van der Waals surface area contributed by atoms with Gasteiger partial charge in [0.2, 0.25) is 5.13 Å². The Morgan fingerprint density at radius 1 is 1.23 bits per heavy atom. The van der Waals surface area contributed by atoms with Gasteiger partial charge in [0.25, 0.3) is 0 Å². The van der Waals surface area contributed by atoms with Crippen LogP contribution in [0.1, 0.15) is 16.8 Å². The SMILES string of the molecule is Cc1csc(NN=Cc2ccc3c(C(F)(F)F)csc3c2)n1. The van der Waals surface area contributed by atoms with Crippen LogP contribution < -0.4 is 5.43 Å². The molecular formula is C14H10F3N3S2. The van der Waals surface area contributed by atoms with Crippen LogP contribution >= 0.6 is 22.7 Å². The largest absolute Gasteiger partial charge is 0.417 e. The van der Waals surface area contributed by atoms with Gasteiger partial charge in [0, 0.05) is 20.8 Å². The number of benzene rings is 1. The quantitative estimate of drug-likeness (QED) is 0.529. The summed E-state index contributed by atoms with van der Waals surface area (Å²) in [6, 6.07) is 4.78. The lowest BCUT2D eigenvalue weighted by Crippen LogP contribution is -2.03. The van der Waals surface area contributed by atoms with Gasteiger partial charge in [0.15, 0.2) is 0 Å². The van der Waals surface area contributed by atoms with Gasteiger partial charge in [-0.05, 0) is 18.6 Å². The summed E-state index contributed by atoms with van der Waals surface area (Å²) in [4.78, 5) is 4.19. The number of thiazole rings is 1. The molecule has 2 heterocycles. The van der Waals surface area contributed by atoms with Crippen molar-refractivity contribution in [2.24, 2.45) is 5.10 Å². The van der Waals surface area contributed by atoms with Gasteiger partial charge in [-0.2, -0.15) is 18.3 Å². The number of hydrogen-bond acceptors (Lipinski definition) is 5. The second-order valence-electron chi connectivity index (χ2n) is 4.57.